The van der Waals surface area contributed by atoms with Gasteiger partial charge in [-0.25, -0.2) is 9.97 Å². The van der Waals surface area contributed by atoms with Gasteiger partial charge in [-0.1, -0.05) is 36.0 Å². The highest BCUT2D eigenvalue weighted by molar-refractivity contribution is 8.00. The second-order valence-corrected chi connectivity index (χ2v) is 5.95. The Bertz CT molecular complexity index is 964. The standard InChI is InChI=1S/C16H12N4O4S/c21-14(22)9-25-15-12-6-1-2-7-13(12)18-16(19-15)17-10-4-3-5-11(8-10)20(23)24/h1-8H,9H2,(H,21,22)(H,17,18,19). The van der Waals surface area contributed by atoms with Crippen molar-refractivity contribution in [3.05, 3.63) is 58.6 Å². The van der Waals surface area contributed by atoms with E-state index in [1.807, 2.05) is 18.2 Å². The van der Waals surface area contributed by atoms with Crippen molar-refractivity contribution in [3.8, 4) is 0 Å². The summed E-state index contributed by atoms with van der Waals surface area (Å²) in [6.45, 7) is 0. The van der Waals surface area contributed by atoms with Crippen molar-refractivity contribution < 1.29 is 14.8 Å². The molecule has 0 spiro atoms. The fraction of sp³-hybridized carbons (Fsp3) is 0.0625. The lowest BCUT2D eigenvalue weighted by molar-refractivity contribution is -0.384. The molecule has 0 fully saturated rings. The number of para-hydroxylation sites is 1. The molecule has 1 heterocycles. The minimum Gasteiger partial charge on any atom is -0.481 e. The number of hydrogen-bond donors (Lipinski definition) is 2. The number of fused-ring (bicyclic) bond motifs is 1. The van der Waals surface area contributed by atoms with Gasteiger partial charge in [0.15, 0.2) is 0 Å². The highest BCUT2D eigenvalue weighted by Gasteiger charge is 2.11. The smallest absolute Gasteiger partial charge is 0.313 e. The number of nitrogens with zero attached hydrogens (tertiary/aromatic N) is 3. The van der Waals surface area contributed by atoms with Gasteiger partial charge >= 0.3 is 5.97 Å². The molecule has 0 unspecified atom stereocenters. The summed E-state index contributed by atoms with van der Waals surface area (Å²) >= 11 is 1.09. The number of non-ortho nitro benzene ring substituents is 1. The van der Waals surface area contributed by atoms with Crippen molar-refractivity contribution in [2.45, 2.75) is 5.03 Å². The van der Waals surface area contributed by atoms with Gasteiger partial charge in [0.2, 0.25) is 5.95 Å². The Balaban J connectivity index is 1.97. The zero-order chi connectivity index (χ0) is 17.8. The van der Waals surface area contributed by atoms with Crippen LogP contribution in [0.2, 0.25) is 0 Å². The van der Waals surface area contributed by atoms with E-state index in [0.29, 0.717) is 16.2 Å². The summed E-state index contributed by atoms with van der Waals surface area (Å²) in [6.07, 6.45) is 0. The molecule has 0 saturated carbocycles. The monoisotopic (exact) mass is 356 g/mol. The van der Waals surface area contributed by atoms with Crippen molar-refractivity contribution in [1.29, 1.82) is 0 Å². The molecule has 0 amide bonds. The SMILES string of the molecule is O=C(O)CSc1nc(Nc2cccc([N+](=O)[O-])c2)nc2ccccc12. The molecule has 0 saturated heterocycles. The van der Waals surface area contributed by atoms with E-state index in [4.69, 9.17) is 5.11 Å². The van der Waals surface area contributed by atoms with Crippen LogP contribution in [0.15, 0.2) is 53.6 Å². The van der Waals surface area contributed by atoms with Gasteiger partial charge < -0.3 is 10.4 Å². The van der Waals surface area contributed by atoms with Gasteiger partial charge in [-0.3, -0.25) is 14.9 Å². The number of aromatic nitrogens is 2. The molecular weight excluding hydrogens is 344 g/mol. The van der Waals surface area contributed by atoms with Crippen LogP contribution in [0.5, 0.6) is 0 Å². The van der Waals surface area contributed by atoms with Crippen LogP contribution >= 0.6 is 11.8 Å². The van der Waals surface area contributed by atoms with E-state index >= 15 is 0 Å². The Labute approximate surface area is 146 Å². The van der Waals surface area contributed by atoms with Gasteiger partial charge in [0, 0.05) is 23.2 Å². The van der Waals surface area contributed by atoms with Gasteiger partial charge in [0.1, 0.15) is 5.03 Å². The van der Waals surface area contributed by atoms with Crippen LogP contribution in [0.25, 0.3) is 10.9 Å². The van der Waals surface area contributed by atoms with E-state index in [1.54, 1.807) is 18.2 Å². The third-order valence-corrected chi connectivity index (χ3v) is 4.19. The van der Waals surface area contributed by atoms with E-state index in [-0.39, 0.29) is 17.4 Å². The summed E-state index contributed by atoms with van der Waals surface area (Å²) in [4.78, 5) is 30.0. The van der Waals surface area contributed by atoms with Crippen LogP contribution in [0.4, 0.5) is 17.3 Å². The zero-order valence-electron chi connectivity index (χ0n) is 12.7. The molecule has 8 nitrogen and oxygen atoms in total. The third kappa shape index (κ3) is 4.01. The van der Waals surface area contributed by atoms with Crippen LogP contribution in [0, 0.1) is 10.1 Å². The Morgan fingerprint density at radius 2 is 2.00 bits per heavy atom. The number of carboxylic acids is 1. The van der Waals surface area contributed by atoms with Crippen LogP contribution in [0.1, 0.15) is 0 Å². The Morgan fingerprint density at radius 1 is 1.20 bits per heavy atom. The molecule has 0 aliphatic carbocycles. The quantitative estimate of drug-likeness (QED) is 0.298. The summed E-state index contributed by atoms with van der Waals surface area (Å²) in [5.74, 6) is -0.829. The number of hydrogen-bond acceptors (Lipinski definition) is 7. The number of carboxylic acid groups (broad SMARTS) is 1. The molecule has 9 heteroatoms. The molecule has 0 atom stereocenters. The number of benzene rings is 2. The van der Waals surface area contributed by atoms with E-state index in [0.717, 1.165) is 17.1 Å². The summed E-state index contributed by atoms with van der Waals surface area (Å²) in [6, 6.07) is 13.2. The van der Waals surface area contributed by atoms with Crippen molar-refractivity contribution in [3.63, 3.8) is 0 Å². The maximum atomic E-state index is 10.9. The van der Waals surface area contributed by atoms with E-state index in [2.05, 4.69) is 15.3 Å². The maximum absolute atomic E-state index is 10.9. The summed E-state index contributed by atoms with van der Waals surface area (Å²) in [7, 11) is 0. The first-order valence-electron chi connectivity index (χ1n) is 7.16. The fourth-order valence-corrected chi connectivity index (χ4v) is 2.91. The number of carbonyl (C=O) groups is 1. The number of nitro groups is 1. The van der Waals surface area contributed by atoms with Crippen LogP contribution in [0.3, 0.4) is 0 Å². The number of aliphatic carboxylic acids is 1. The Kier molecular flexibility index (Phi) is 4.75. The van der Waals surface area contributed by atoms with Crippen LogP contribution < -0.4 is 5.32 Å². The minimum atomic E-state index is -0.944. The highest BCUT2D eigenvalue weighted by atomic mass is 32.2. The molecule has 3 rings (SSSR count). The van der Waals surface area contributed by atoms with Gasteiger partial charge in [-0.15, -0.1) is 0 Å². The third-order valence-electron chi connectivity index (χ3n) is 3.21. The molecular formula is C16H12N4O4S. The number of nitrogens with one attached hydrogen (secondary N) is 1. The summed E-state index contributed by atoms with van der Waals surface area (Å²) in [5.41, 5.74) is 1.07. The largest absolute Gasteiger partial charge is 0.481 e. The van der Waals surface area contributed by atoms with Crippen molar-refractivity contribution >= 4 is 46.0 Å². The lowest BCUT2D eigenvalue weighted by Gasteiger charge is -2.09. The van der Waals surface area contributed by atoms with Gasteiger partial charge in [-0.05, 0) is 12.1 Å². The van der Waals surface area contributed by atoms with E-state index in [9.17, 15) is 14.9 Å². The highest BCUT2D eigenvalue weighted by Crippen LogP contribution is 2.28. The Morgan fingerprint density at radius 3 is 2.76 bits per heavy atom. The minimum absolute atomic E-state index is 0.0498. The van der Waals surface area contributed by atoms with Crippen molar-refractivity contribution in [1.82, 2.24) is 9.97 Å². The average molecular weight is 356 g/mol. The first-order valence-corrected chi connectivity index (χ1v) is 8.14. The lowest BCUT2D eigenvalue weighted by Crippen LogP contribution is -2.02. The van der Waals surface area contributed by atoms with E-state index < -0.39 is 10.9 Å². The predicted octanol–water partition coefficient (Wildman–Crippen LogP) is 3.46. The van der Waals surface area contributed by atoms with Gasteiger partial charge in [0.05, 0.1) is 16.2 Å². The first-order chi connectivity index (χ1) is 12.0. The first kappa shape index (κ1) is 16.7. The maximum Gasteiger partial charge on any atom is 0.313 e. The fourth-order valence-electron chi connectivity index (χ4n) is 2.17. The zero-order valence-corrected chi connectivity index (χ0v) is 13.6. The molecule has 3 aromatic rings. The van der Waals surface area contributed by atoms with Crippen LogP contribution in [-0.2, 0) is 4.79 Å². The van der Waals surface area contributed by atoms with Crippen LogP contribution in [-0.4, -0.2) is 31.7 Å². The molecule has 2 N–H and O–H groups in total. The molecule has 0 aliphatic rings. The van der Waals surface area contributed by atoms with Gasteiger partial charge in [-0.2, -0.15) is 0 Å². The molecule has 126 valence electrons. The normalized spacial score (nSPS) is 10.6. The molecule has 0 aliphatic heterocycles. The van der Waals surface area contributed by atoms with Crippen molar-refractivity contribution in [2.24, 2.45) is 0 Å². The number of nitro benzene ring substituents is 1. The number of rotatable bonds is 6. The summed E-state index contributed by atoms with van der Waals surface area (Å²) < 4.78 is 0. The van der Waals surface area contributed by atoms with Crippen molar-refractivity contribution in [2.75, 3.05) is 11.1 Å². The number of thioether (sulfide) groups is 1. The second-order valence-electron chi connectivity index (χ2n) is 4.98. The average Bonchev–Trinajstić information content (AvgIpc) is 2.59. The van der Waals surface area contributed by atoms with Gasteiger partial charge in [0.25, 0.3) is 5.69 Å². The van der Waals surface area contributed by atoms with E-state index in [1.165, 1.54) is 12.1 Å². The summed E-state index contributed by atoms with van der Waals surface area (Å²) in [5, 5.41) is 24.0. The second kappa shape index (κ2) is 7.14. The molecule has 2 aromatic carbocycles. The topological polar surface area (TPSA) is 118 Å². The molecule has 0 bridgehead atoms. The predicted molar refractivity (Wildman–Crippen MR) is 94.3 cm³/mol. The molecule has 1 aromatic heterocycles. The molecule has 0 radical (unpaired) electrons. The Hall–Kier alpha value is -3.20. The molecule has 25 heavy (non-hydrogen) atoms. The lowest BCUT2D eigenvalue weighted by atomic mass is 10.2. The number of anilines is 2.